The van der Waals surface area contributed by atoms with Crippen LogP contribution in [0.25, 0.3) is 0 Å². The molecule has 1 heterocycles. The van der Waals surface area contributed by atoms with Crippen LogP contribution in [0.15, 0.2) is 0 Å². The van der Waals surface area contributed by atoms with Crippen LogP contribution in [0.4, 0.5) is 0 Å². The SMILES string of the molecule is CN(C)C(C)(C)CNC(=O)CCC1CCCCN1. The summed E-state index contributed by atoms with van der Waals surface area (Å²) >= 11 is 0. The molecule has 1 aliphatic heterocycles. The molecule has 1 rings (SSSR count). The summed E-state index contributed by atoms with van der Waals surface area (Å²) in [7, 11) is 4.08. The summed E-state index contributed by atoms with van der Waals surface area (Å²) in [5, 5.41) is 6.51. The molecule has 4 heteroatoms. The molecule has 1 saturated heterocycles. The van der Waals surface area contributed by atoms with Gasteiger partial charge in [0.1, 0.15) is 0 Å². The van der Waals surface area contributed by atoms with Crippen molar-refractivity contribution in [1.82, 2.24) is 15.5 Å². The summed E-state index contributed by atoms with van der Waals surface area (Å²) in [6.45, 7) is 6.09. The average Bonchev–Trinajstić information content (AvgIpc) is 2.35. The molecule has 0 spiro atoms. The molecule has 2 N–H and O–H groups in total. The topological polar surface area (TPSA) is 44.4 Å². The first-order valence-electron chi connectivity index (χ1n) is 7.09. The number of carbonyl (C=O) groups excluding carboxylic acids is 1. The predicted octanol–water partition coefficient (Wildman–Crippen LogP) is 1.37. The van der Waals surface area contributed by atoms with E-state index < -0.39 is 0 Å². The molecule has 1 amide bonds. The minimum Gasteiger partial charge on any atom is -0.354 e. The van der Waals surface area contributed by atoms with E-state index in [2.05, 4.69) is 29.4 Å². The molecule has 0 aliphatic carbocycles. The number of nitrogens with one attached hydrogen (secondary N) is 2. The Morgan fingerprint density at radius 2 is 2.11 bits per heavy atom. The van der Waals surface area contributed by atoms with Gasteiger partial charge in [-0.1, -0.05) is 6.42 Å². The first kappa shape index (κ1) is 15.4. The fourth-order valence-corrected chi connectivity index (χ4v) is 2.04. The monoisotopic (exact) mass is 255 g/mol. The van der Waals surface area contributed by atoms with E-state index in [1.807, 2.05) is 14.1 Å². The van der Waals surface area contributed by atoms with Crippen LogP contribution in [-0.2, 0) is 4.79 Å². The van der Waals surface area contributed by atoms with Gasteiger partial charge < -0.3 is 15.5 Å². The van der Waals surface area contributed by atoms with Gasteiger partial charge in [0.15, 0.2) is 0 Å². The quantitative estimate of drug-likeness (QED) is 0.753. The third-order valence-electron chi connectivity index (χ3n) is 4.06. The van der Waals surface area contributed by atoms with Crippen LogP contribution in [0.3, 0.4) is 0 Å². The fraction of sp³-hybridized carbons (Fsp3) is 0.929. The van der Waals surface area contributed by atoms with Gasteiger partial charge in [-0.05, 0) is 53.8 Å². The highest BCUT2D eigenvalue weighted by Crippen LogP contribution is 2.12. The zero-order chi connectivity index (χ0) is 13.6. The van der Waals surface area contributed by atoms with Crippen LogP contribution in [0, 0.1) is 0 Å². The molecule has 106 valence electrons. The maximum Gasteiger partial charge on any atom is 0.220 e. The summed E-state index contributed by atoms with van der Waals surface area (Å²) in [4.78, 5) is 13.9. The van der Waals surface area contributed by atoms with Gasteiger partial charge in [-0.2, -0.15) is 0 Å². The predicted molar refractivity (Wildman–Crippen MR) is 75.7 cm³/mol. The zero-order valence-electron chi connectivity index (χ0n) is 12.4. The molecule has 0 bridgehead atoms. The minimum atomic E-state index is 0.0126. The second-order valence-corrected chi connectivity index (χ2v) is 6.17. The van der Waals surface area contributed by atoms with Gasteiger partial charge in [-0.15, -0.1) is 0 Å². The Bertz CT molecular complexity index is 258. The Kier molecular flexibility index (Phi) is 6.09. The summed E-state index contributed by atoms with van der Waals surface area (Å²) in [5.41, 5.74) is 0.0126. The molecule has 4 nitrogen and oxygen atoms in total. The lowest BCUT2D eigenvalue weighted by Crippen LogP contribution is -2.48. The third kappa shape index (κ3) is 5.36. The van der Waals surface area contributed by atoms with Gasteiger partial charge in [0.05, 0.1) is 0 Å². The van der Waals surface area contributed by atoms with Crippen molar-refractivity contribution in [2.24, 2.45) is 0 Å². The highest BCUT2D eigenvalue weighted by molar-refractivity contribution is 5.75. The van der Waals surface area contributed by atoms with Gasteiger partial charge in [0.2, 0.25) is 5.91 Å². The van der Waals surface area contributed by atoms with E-state index >= 15 is 0 Å². The van der Waals surface area contributed by atoms with Gasteiger partial charge in [-0.3, -0.25) is 4.79 Å². The standard InChI is InChI=1S/C14H29N3O/c1-14(2,17(3)4)11-16-13(18)9-8-12-7-5-6-10-15-12/h12,15H,5-11H2,1-4H3,(H,16,18). The van der Waals surface area contributed by atoms with Crippen molar-refractivity contribution in [2.45, 2.75) is 57.5 Å². The number of piperidine rings is 1. The van der Waals surface area contributed by atoms with Crippen LogP contribution >= 0.6 is 0 Å². The highest BCUT2D eigenvalue weighted by atomic mass is 16.1. The van der Waals surface area contributed by atoms with Crippen molar-refractivity contribution in [3.8, 4) is 0 Å². The lowest BCUT2D eigenvalue weighted by molar-refractivity contribution is -0.121. The van der Waals surface area contributed by atoms with Crippen molar-refractivity contribution in [2.75, 3.05) is 27.2 Å². The molecule has 0 saturated carbocycles. The van der Waals surface area contributed by atoms with Crippen molar-refractivity contribution >= 4 is 5.91 Å². The molecule has 1 atom stereocenters. The Labute approximate surface area is 111 Å². The van der Waals surface area contributed by atoms with Crippen molar-refractivity contribution in [1.29, 1.82) is 0 Å². The van der Waals surface area contributed by atoms with Crippen molar-refractivity contribution in [3.63, 3.8) is 0 Å². The molecule has 18 heavy (non-hydrogen) atoms. The summed E-state index contributed by atoms with van der Waals surface area (Å²) in [5.74, 6) is 0.178. The number of carbonyl (C=O) groups is 1. The van der Waals surface area contributed by atoms with Gasteiger partial charge in [-0.25, -0.2) is 0 Å². The first-order chi connectivity index (χ1) is 8.42. The van der Waals surface area contributed by atoms with Crippen LogP contribution in [0.5, 0.6) is 0 Å². The zero-order valence-corrected chi connectivity index (χ0v) is 12.4. The maximum absolute atomic E-state index is 11.8. The molecule has 0 aromatic carbocycles. The van der Waals surface area contributed by atoms with E-state index in [0.717, 1.165) is 13.0 Å². The van der Waals surface area contributed by atoms with Crippen LogP contribution < -0.4 is 10.6 Å². The van der Waals surface area contributed by atoms with Crippen LogP contribution in [-0.4, -0.2) is 49.6 Å². The molecule has 1 fully saturated rings. The summed E-state index contributed by atoms with van der Waals surface area (Å²) in [6, 6.07) is 0.548. The lowest BCUT2D eigenvalue weighted by atomic mass is 10.00. The molecule has 0 aromatic rings. The van der Waals surface area contributed by atoms with E-state index in [4.69, 9.17) is 0 Å². The summed E-state index contributed by atoms with van der Waals surface area (Å²) < 4.78 is 0. The molecule has 0 radical (unpaired) electrons. The highest BCUT2D eigenvalue weighted by Gasteiger charge is 2.21. The molecule has 1 unspecified atom stereocenters. The normalized spacial score (nSPS) is 21.1. The number of hydrogen-bond acceptors (Lipinski definition) is 3. The van der Waals surface area contributed by atoms with E-state index in [1.54, 1.807) is 0 Å². The van der Waals surface area contributed by atoms with E-state index in [9.17, 15) is 4.79 Å². The number of rotatable bonds is 6. The number of hydrogen-bond donors (Lipinski definition) is 2. The molecular weight excluding hydrogens is 226 g/mol. The first-order valence-corrected chi connectivity index (χ1v) is 7.09. The number of amides is 1. The van der Waals surface area contributed by atoms with Crippen LogP contribution in [0.2, 0.25) is 0 Å². The second kappa shape index (κ2) is 7.10. The largest absolute Gasteiger partial charge is 0.354 e. The molecule has 1 aliphatic rings. The van der Waals surface area contributed by atoms with E-state index in [0.29, 0.717) is 19.0 Å². The van der Waals surface area contributed by atoms with Gasteiger partial charge in [0, 0.05) is 24.5 Å². The van der Waals surface area contributed by atoms with Crippen molar-refractivity contribution in [3.05, 3.63) is 0 Å². The Morgan fingerprint density at radius 3 is 2.67 bits per heavy atom. The number of likely N-dealkylation sites (N-methyl/N-ethyl adjacent to an activating group) is 1. The van der Waals surface area contributed by atoms with Crippen LogP contribution in [0.1, 0.15) is 46.0 Å². The van der Waals surface area contributed by atoms with E-state index in [1.165, 1.54) is 19.3 Å². The second-order valence-electron chi connectivity index (χ2n) is 6.17. The molecular formula is C14H29N3O. The Balaban J connectivity index is 2.17. The lowest BCUT2D eigenvalue weighted by Gasteiger charge is -2.32. The van der Waals surface area contributed by atoms with Gasteiger partial charge in [0.25, 0.3) is 0 Å². The Morgan fingerprint density at radius 1 is 1.39 bits per heavy atom. The molecule has 0 aromatic heterocycles. The maximum atomic E-state index is 11.8. The summed E-state index contributed by atoms with van der Waals surface area (Å²) in [6.07, 6.45) is 5.40. The minimum absolute atomic E-state index is 0.0126. The van der Waals surface area contributed by atoms with Gasteiger partial charge >= 0.3 is 0 Å². The smallest absolute Gasteiger partial charge is 0.220 e. The number of nitrogens with zero attached hydrogens (tertiary/aromatic N) is 1. The van der Waals surface area contributed by atoms with E-state index in [-0.39, 0.29) is 11.4 Å². The average molecular weight is 255 g/mol. The van der Waals surface area contributed by atoms with Crippen molar-refractivity contribution < 1.29 is 4.79 Å². The fourth-order valence-electron chi connectivity index (χ4n) is 2.04. The third-order valence-corrected chi connectivity index (χ3v) is 4.06. The Hall–Kier alpha value is -0.610.